The highest BCUT2D eigenvalue weighted by molar-refractivity contribution is 7.99. The van der Waals surface area contributed by atoms with Gasteiger partial charge in [-0.2, -0.15) is 13.2 Å². The lowest BCUT2D eigenvalue weighted by molar-refractivity contribution is -0.140. The third-order valence-corrected chi connectivity index (χ3v) is 5.43. The summed E-state index contributed by atoms with van der Waals surface area (Å²) < 4.78 is 39.6. The van der Waals surface area contributed by atoms with Crippen molar-refractivity contribution >= 4 is 40.9 Å². The van der Waals surface area contributed by atoms with E-state index in [9.17, 15) is 27.6 Å². The first-order valence-corrected chi connectivity index (χ1v) is 8.92. The van der Waals surface area contributed by atoms with Crippen molar-refractivity contribution < 1.29 is 27.6 Å². The molecule has 2 aliphatic heterocycles. The standard InChI is InChI=1S/C19H11F3N2O3S/c20-19(21,22)11-5-6-15-13(9-11)24(12-3-1-2-4-14(12)28-15)18(27)10-23-16(25)7-8-17(23)26/h1-9H,10H2. The number of halogens is 3. The molecule has 2 heterocycles. The molecule has 3 amide bonds. The molecule has 2 aromatic rings. The molecule has 0 unspecified atom stereocenters. The van der Waals surface area contributed by atoms with E-state index >= 15 is 0 Å². The Kier molecular flexibility index (Phi) is 4.26. The summed E-state index contributed by atoms with van der Waals surface area (Å²) in [6.07, 6.45) is -2.48. The minimum Gasteiger partial charge on any atom is -0.277 e. The molecule has 0 aromatic heterocycles. The highest BCUT2D eigenvalue weighted by Gasteiger charge is 2.36. The van der Waals surface area contributed by atoms with Crippen molar-refractivity contribution in [3.63, 3.8) is 0 Å². The predicted octanol–water partition coefficient (Wildman–Crippen LogP) is 3.76. The van der Waals surface area contributed by atoms with Gasteiger partial charge < -0.3 is 0 Å². The van der Waals surface area contributed by atoms with Crippen molar-refractivity contribution in [1.29, 1.82) is 0 Å². The number of imide groups is 1. The molecule has 4 rings (SSSR count). The van der Waals surface area contributed by atoms with E-state index in [4.69, 9.17) is 0 Å². The Balaban J connectivity index is 1.78. The number of rotatable bonds is 2. The van der Waals surface area contributed by atoms with Gasteiger partial charge >= 0.3 is 6.18 Å². The molecule has 0 saturated heterocycles. The number of anilines is 2. The zero-order valence-corrected chi connectivity index (χ0v) is 14.9. The normalized spacial score (nSPS) is 15.7. The van der Waals surface area contributed by atoms with Crippen molar-refractivity contribution in [3.8, 4) is 0 Å². The van der Waals surface area contributed by atoms with Crippen molar-refractivity contribution in [2.75, 3.05) is 11.4 Å². The molecular formula is C19H11F3N2O3S. The molecule has 0 saturated carbocycles. The van der Waals surface area contributed by atoms with Crippen LogP contribution < -0.4 is 4.90 Å². The van der Waals surface area contributed by atoms with Crippen LogP contribution in [0.4, 0.5) is 24.5 Å². The summed E-state index contributed by atoms with van der Waals surface area (Å²) in [4.78, 5) is 39.6. The Hall–Kier alpha value is -3.07. The van der Waals surface area contributed by atoms with Crippen molar-refractivity contribution in [2.45, 2.75) is 16.0 Å². The van der Waals surface area contributed by atoms with Crippen LogP contribution in [0.25, 0.3) is 0 Å². The highest BCUT2D eigenvalue weighted by atomic mass is 32.2. The molecule has 28 heavy (non-hydrogen) atoms. The van der Waals surface area contributed by atoms with E-state index < -0.39 is 36.0 Å². The Labute approximate surface area is 161 Å². The Morgan fingerprint density at radius 2 is 1.57 bits per heavy atom. The number of carbonyl (C=O) groups excluding carboxylic acids is 3. The predicted molar refractivity (Wildman–Crippen MR) is 95.0 cm³/mol. The molecular weight excluding hydrogens is 393 g/mol. The summed E-state index contributed by atoms with van der Waals surface area (Å²) >= 11 is 1.25. The number of carbonyl (C=O) groups is 3. The van der Waals surface area contributed by atoms with Gasteiger partial charge in [0.2, 0.25) is 0 Å². The van der Waals surface area contributed by atoms with E-state index in [0.29, 0.717) is 15.5 Å². The average molecular weight is 404 g/mol. The number of nitrogens with zero attached hydrogens (tertiary/aromatic N) is 2. The summed E-state index contributed by atoms with van der Waals surface area (Å²) in [5.41, 5.74) is -0.425. The van der Waals surface area contributed by atoms with Gasteiger partial charge in [-0.1, -0.05) is 23.9 Å². The average Bonchev–Trinajstić information content (AvgIpc) is 2.96. The molecule has 0 spiro atoms. The molecule has 0 radical (unpaired) electrons. The lowest BCUT2D eigenvalue weighted by Crippen LogP contribution is -2.41. The number of alkyl halides is 3. The van der Waals surface area contributed by atoms with Crippen LogP contribution in [-0.4, -0.2) is 29.2 Å². The zero-order chi connectivity index (χ0) is 20.1. The molecule has 142 valence electrons. The summed E-state index contributed by atoms with van der Waals surface area (Å²) in [6.45, 7) is -0.570. The van der Waals surface area contributed by atoms with Gasteiger partial charge in [-0.05, 0) is 30.3 Å². The molecule has 5 nitrogen and oxygen atoms in total. The van der Waals surface area contributed by atoms with E-state index in [1.54, 1.807) is 24.3 Å². The molecule has 2 aliphatic rings. The van der Waals surface area contributed by atoms with Gasteiger partial charge in [0.25, 0.3) is 17.7 Å². The van der Waals surface area contributed by atoms with Crippen molar-refractivity contribution in [2.24, 2.45) is 0 Å². The zero-order valence-electron chi connectivity index (χ0n) is 14.1. The van der Waals surface area contributed by atoms with E-state index in [2.05, 4.69) is 0 Å². The van der Waals surface area contributed by atoms with Gasteiger partial charge in [0.05, 0.1) is 16.9 Å². The maximum Gasteiger partial charge on any atom is 0.416 e. The summed E-state index contributed by atoms with van der Waals surface area (Å²) in [7, 11) is 0. The summed E-state index contributed by atoms with van der Waals surface area (Å²) in [6, 6.07) is 9.94. The molecule has 0 N–H and O–H groups in total. The number of para-hydroxylation sites is 1. The fraction of sp³-hybridized carbons (Fsp3) is 0.105. The Morgan fingerprint density at radius 3 is 2.25 bits per heavy atom. The number of hydrogen-bond acceptors (Lipinski definition) is 4. The third-order valence-electron chi connectivity index (χ3n) is 4.30. The first kappa shape index (κ1) is 18.3. The van der Waals surface area contributed by atoms with E-state index in [1.807, 2.05) is 0 Å². The Morgan fingerprint density at radius 1 is 0.929 bits per heavy atom. The second kappa shape index (κ2) is 6.52. The maximum atomic E-state index is 13.2. The quantitative estimate of drug-likeness (QED) is 0.716. The van der Waals surface area contributed by atoms with Gasteiger partial charge in [0, 0.05) is 21.9 Å². The van der Waals surface area contributed by atoms with Crippen molar-refractivity contribution in [3.05, 3.63) is 60.2 Å². The van der Waals surface area contributed by atoms with Crippen LogP contribution in [0.5, 0.6) is 0 Å². The summed E-state index contributed by atoms with van der Waals surface area (Å²) in [5, 5.41) is 0. The molecule has 9 heteroatoms. The largest absolute Gasteiger partial charge is 0.416 e. The van der Waals surface area contributed by atoms with Crippen LogP contribution in [0.2, 0.25) is 0 Å². The highest BCUT2D eigenvalue weighted by Crippen LogP contribution is 2.49. The minimum absolute atomic E-state index is 0.0654. The number of hydrogen-bond donors (Lipinski definition) is 0. The van der Waals surface area contributed by atoms with Crippen LogP contribution in [0.1, 0.15) is 5.56 Å². The second-order valence-electron chi connectivity index (χ2n) is 6.08. The SMILES string of the molecule is O=C1C=CC(=O)N1CC(=O)N1c2ccccc2Sc2ccc(C(F)(F)F)cc21. The monoisotopic (exact) mass is 404 g/mol. The van der Waals surface area contributed by atoms with Gasteiger partial charge in [-0.15, -0.1) is 0 Å². The summed E-state index contributed by atoms with van der Waals surface area (Å²) in [5.74, 6) is -1.96. The van der Waals surface area contributed by atoms with Gasteiger partial charge in [-0.25, -0.2) is 0 Å². The lowest BCUT2D eigenvalue weighted by Gasteiger charge is -2.32. The van der Waals surface area contributed by atoms with Crippen LogP contribution in [0, 0.1) is 0 Å². The number of amides is 3. The van der Waals surface area contributed by atoms with E-state index in [-0.39, 0.29) is 5.69 Å². The third kappa shape index (κ3) is 3.07. The van der Waals surface area contributed by atoms with Crippen LogP contribution in [0.3, 0.4) is 0 Å². The van der Waals surface area contributed by atoms with E-state index in [0.717, 1.165) is 34.1 Å². The smallest absolute Gasteiger partial charge is 0.277 e. The number of benzene rings is 2. The molecule has 0 bridgehead atoms. The van der Waals surface area contributed by atoms with E-state index in [1.165, 1.54) is 17.8 Å². The molecule has 2 aromatic carbocycles. The van der Waals surface area contributed by atoms with Gasteiger partial charge in [0.15, 0.2) is 0 Å². The Bertz CT molecular complexity index is 1030. The minimum atomic E-state index is -4.57. The molecule has 0 aliphatic carbocycles. The molecule has 0 atom stereocenters. The van der Waals surface area contributed by atoms with Crippen LogP contribution >= 0.6 is 11.8 Å². The van der Waals surface area contributed by atoms with Crippen LogP contribution in [0.15, 0.2) is 64.4 Å². The fourth-order valence-electron chi connectivity index (χ4n) is 2.99. The molecule has 0 fully saturated rings. The second-order valence-corrected chi connectivity index (χ2v) is 7.16. The maximum absolute atomic E-state index is 13.2. The van der Waals surface area contributed by atoms with Gasteiger partial charge in [0.1, 0.15) is 6.54 Å². The first-order chi connectivity index (χ1) is 13.3. The first-order valence-electron chi connectivity index (χ1n) is 8.10. The topological polar surface area (TPSA) is 57.7 Å². The van der Waals surface area contributed by atoms with Crippen molar-refractivity contribution in [1.82, 2.24) is 4.90 Å². The number of fused-ring (bicyclic) bond motifs is 2. The fourth-order valence-corrected chi connectivity index (χ4v) is 4.03. The van der Waals surface area contributed by atoms with Crippen LogP contribution in [-0.2, 0) is 20.6 Å². The lowest BCUT2D eigenvalue weighted by atomic mass is 10.1. The van der Waals surface area contributed by atoms with Gasteiger partial charge in [-0.3, -0.25) is 24.2 Å².